The molecule has 8 nitrogen and oxygen atoms in total. The fourth-order valence-corrected chi connectivity index (χ4v) is 2.35. The molecular formula is C18H22N4O4. The minimum atomic E-state index is -0.975. The molecule has 2 amide bonds. The second-order valence-corrected chi connectivity index (χ2v) is 5.96. The molecule has 0 aliphatic heterocycles. The van der Waals surface area contributed by atoms with Crippen molar-refractivity contribution < 1.29 is 19.1 Å². The van der Waals surface area contributed by atoms with E-state index in [9.17, 15) is 14.4 Å². The SMILES string of the molecule is CC(=O)Nc1ccc(C(=O)O[C@H](C)C(=O)Nc2c(C)nn(C)c2C)cc1. The third-order valence-corrected chi connectivity index (χ3v) is 3.85. The largest absolute Gasteiger partial charge is 0.449 e. The van der Waals surface area contributed by atoms with E-state index in [2.05, 4.69) is 15.7 Å². The molecule has 2 rings (SSSR count). The highest BCUT2D eigenvalue weighted by atomic mass is 16.5. The van der Waals surface area contributed by atoms with Gasteiger partial charge in [-0.25, -0.2) is 4.79 Å². The number of carbonyl (C=O) groups excluding carboxylic acids is 3. The third-order valence-electron chi connectivity index (χ3n) is 3.85. The van der Waals surface area contributed by atoms with Gasteiger partial charge in [-0.2, -0.15) is 5.10 Å². The Hall–Kier alpha value is -3.16. The predicted octanol–water partition coefficient (Wildman–Crippen LogP) is 2.18. The van der Waals surface area contributed by atoms with Crippen molar-refractivity contribution in [3.05, 3.63) is 41.2 Å². The molecule has 0 saturated carbocycles. The number of aryl methyl sites for hydroxylation is 2. The van der Waals surface area contributed by atoms with Crippen molar-refractivity contribution in [3.8, 4) is 0 Å². The molecule has 0 spiro atoms. The van der Waals surface area contributed by atoms with E-state index in [1.54, 1.807) is 30.8 Å². The zero-order valence-electron chi connectivity index (χ0n) is 15.4. The van der Waals surface area contributed by atoms with E-state index in [1.807, 2.05) is 6.92 Å². The normalized spacial score (nSPS) is 11.6. The molecule has 0 bridgehead atoms. The van der Waals surface area contributed by atoms with Crippen LogP contribution in [0.5, 0.6) is 0 Å². The van der Waals surface area contributed by atoms with Gasteiger partial charge in [-0.05, 0) is 45.0 Å². The Balaban J connectivity index is 1.99. The maximum atomic E-state index is 12.3. The van der Waals surface area contributed by atoms with Crippen LogP contribution in [0.25, 0.3) is 0 Å². The van der Waals surface area contributed by atoms with Crippen LogP contribution in [0, 0.1) is 13.8 Å². The van der Waals surface area contributed by atoms with Crippen LogP contribution >= 0.6 is 0 Å². The minimum Gasteiger partial charge on any atom is -0.449 e. The first kappa shape index (κ1) is 19.2. The van der Waals surface area contributed by atoms with Gasteiger partial charge < -0.3 is 15.4 Å². The molecule has 0 unspecified atom stereocenters. The highest BCUT2D eigenvalue weighted by molar-refractivity contribution is 5.98. The molecule has 2 N–H and O–H groups in total. The van der Waals surface area contributed by atoms with Crippen LogP contribution in [0.1, 0.15) is 35.6 Å². The Bertz CT molecular complexity index is 840. The molecular weight excluding hydrogens is 336 g/mol. The molecule has 138 valence electrons. The molecule has 0 saturated heterocycles. The molecule has 26 heavy (non-hydrogen) atoms. The Morgan fingerprint density at radius 3 is 2.23 bits per heavy atom. The number of benzene rings is 1. The molecule has 1 aromatic carbocycles. The summed E-state index contributed by atoms with van der Waals surface area (Å²) in [6, 6.07) is 6.22. The molecule has 0 aliphatic rings. The number of carbonyl (C=O) groups is 3. The first-order valence-corrected chi connectivity index (χ1v) is 8.08. The van der Waals surface area contributed by atoms with E-state index in [0.29, 0.717) is 17.1 Å². The number of esters is 1. The molecule has 1 aromatic heterocycles. The van der Waals surface area contributed by atoms with Crippen molar-refractivity contribution in [2.75, 3.05) is 10.6 Å². The van der Waals surface area contributed by atoms with Crippen molar-refractivity contribution >= 4 is 29.2 Å². The summed E-state index contributed by atoms with van der Waals surface area (Å²) in [5, 5.41) is 9.57. The van der Waals surface area contributed by atoms with Crippen molar-refractivity contribution in [3.63, 3.8) is 0 Å². The van der Waals surface area contributed by atoms with Gasteiger partial charge in [0.05, 0.1) is 22.6 Å². The molecule has 0 aliphatic carbocycles. The van der Waals surface area contributed by atoms with Gasteiger partial charge >= 0.3 is 5.97 Å². The van der Waals surface area contributed by atoms with Gasteiger partial charge in [0.1, 0.15) is 0 Å². The van der Waals surface area contributed by atoms with Crippen molar-refractivity contribution in [2.24, 2.45) is 7.05 Å². The Kier molecular flexibility index (Phi) is 5.76. The number of aromatic nitrogens is 2. The second-order valence-electron chi connectivity index (χ2n) is 5.96. The molecule has 1 atom stereocenters. The standard InChI is InChI=1S/C18H22N4O4/c1-10-16(11(2)22(5)21-10)20-17(24)12(3)26-18(25)14-6-8-15(9-7-14)19-13(4)23/h6-9,12H,1-5H3,(H,19,23)(H,20,24)/t12-/m1/s1. The van der Waals surface area contributed by atoms with E-state index in [4.69, 9.17) is 4.74 Å². The van der Waals surface area contributed by atoms with Crippen LogP contribution in [0.4, 0.5) is 11.4 Å². The maximum absolute atomic E-state index is 12.3. The lowest BCUT2D eigenvalue weighted by molar-refractivity contribution is -0.123. The highest BCUT2D eigenvalue weighted by Gasteiger charge is 2.21. The van der Waals surface area contributed by atoms with Crippen LogP contribution in [0.2, 0.25) is 0 Å². The van der Waals surface area contributed by atoms with Crippen LogP contribution in [-0.4, -0.2) is 33.7 Å². The summed E-state index contributed by atoms with van der Waals surface area (Å²) in [6.45, 7) is 6.52. The fourth-order valence-electron chi connectivity index (χ4n) is 2.35. The molecule has 0 radical (unpaired) electrons. The zero-order valence-corrected chi connectivity index (χ0v) is 15.4. The van der Waals surface area contributed by atoms with Crippen LogP contribution in [-0.2, 0) is 21.4 Å². The summed E-state index contributed by atoms with van der Waals surface area (Å²) < 4.78 is 6.88. The predicted molar refractivity (Wildman–Crippen MR) is 96.9 cm³/mol. The van der Waals surface area contributed by atoms with E-state index in [1.165, 1.54) is 26.0 Å². The van der Waals surface area contributed by atoms with Crippen LogP contribution in [0.3, 0.4) is 0 Å². The van der Waals surface area contributed by atoms with E-state index in [-0.39, 0.29) is 11.5 Å². The number of rotatable bonds is 5. The first-order chi connectivity index (χ1) is 12.2. The number of ether oxygens (including phenoxy) is 1. The van der Waals surface area contributed by atoms with Crippen LogP contribution in [0.15, 0.2) is 24.3 Å². The summed E-state index contributed by atoms with van der Waals surface area (Å²) >= 11 is 0. The van der Waals surface area contributed by atoms with Gasteiger partial charge in [-0.1, -0.05) is 0 Å². The number of amides is 2. The maximum Gasteiger partial charge on any atom is 0.338 e. The molecule has 2 aromatic rings. The van der Waals surface area contributed by atoms with Crippen molar-refractivity contribution in [1.82, 2.24) is 9.78 Å². The van der Waals surface area contributed by atoms with Gasteiger partial charge in [-0.3, -0.25) is 14.3 Å². The number of nitrogens with one attached hydrogen (secondary N) is 2. The zero-order chi connectivity index (χ0) is 19.4. The smallest absolute Gasteiger partial charge is 0.338 e. The monoisotopic (exact) mass is 358 g/mol. The summed E-state index contributed by atoms with van der Waals surface area (Å²) in [5.41, 5.74) is 2.96. The van der Waals surface area contributed by atoms with Gasteiger partial charge in [0.15, 0.2) is 6.10 Å². The highest BCUT2D eigenvalue weighted by Crippen LogP contribution is 2.19. The van der Waals surface area contributed by atoms with E-state index >= 15 is 0 Å². The molecule has 1 heterocycles. The topological polar surface area (TPSA) is 102 Å². The molecule has 8 heteroatoms. The summed E-state index contributed by atoms with van der Waals surface area (Å²) in [6.07, 6.45) is -0.975. The minimum absolute atomic E-state index is 0.202. The van der Waals surface area contributed by atoms with Gasteiger partial charge in [0, 0.05) is 19.7 Å². The first-order valence-electron chi connectivity index (χ1n) is 8.08. The van der Waals surface area contributed by atoms with Crippen molar-refractivity contribution in [2.45, 2.75) is 33.8 Å². The van der Waals surface area contributed by atoms with Crippen molar-refractivity contribution in [1.29, 1.82) is 0 Å². The van der Waals surface area contributed by atoms with Crippen LogP contribution < -0.4 is 10.6 Å². The van der Waals surface area contributed by atoms with Gasteiger partial charge in [0.2, 0.25) is 5.91 Å². The van der Waals surface area contributed by atoms with Gasteiger partial charge in [-0.15, -0.1) is 0 Å². The fraction of sp³-hybridized carbons (Fsp3) is 0.333. The number of nitrogens with zero attached hydrogens (tertiary/aromatic N) is 2. The third kappa shape index (κ3) is 4.47. The lowest BCUT2D eigenvalue weighted by Crippen LogP contribution is -2.30. The summed E-state index contributed by atoms with van der Waals surface area (Å²) in [4.78, 5) is 35.5. The number of hydrogen-bond acceptors (Lipinski definition) is 5. The van der Waals surface area contributed by atoms with E-state index in [0.717, 1.165) is 5.69 Å². The van der Waals surface area contributed by atoms with E-state index < -0.39 is 18.0 Å². The lowest BCUT2D eigenvalue weighted by atomic mass is 10.2. The second kappa shape index (κ2) is 7.81. The summed E-state index contributed by atoms with van der Waals surface area (Å²) in [7, 11) is 1.78. The van der Waals surface area contributed by atoms with Gasteiger partial charge in [0.25, 0.3) is 5.91 Å². The number of anilines is 2. The molecule has 0 fully saturated rings. The Morgan fingerprint density at radius 1 is 1.12 bits per heavy atom. The lowest BCUT2D eigenvalue weighted by Gasteiger charge is -2.14. The Labute approximate surface area is 151 Å². The number of hydrogen-bond donors (Lipinski definition) is 2. The quantitative estimate of drug-likeness (QED) is 0.798. The summed E-state index contributed by atoms with van der Waals surface area (Å²) in [5.74, 6) is -1.26. The Morgan fingerprint density at radius 2 is 1.73 bits per heavy atom. The average Bonchev–Trinajstić information content (AvgIpc) is 2.81. The average molecular weight is 358 g/mol.